The van der Waals surface area contributed by atoms with E-state index in [2.05, 4.69) is 10.3 Å². The molecule has 144 valence electrons. The number of ether oxygens (including phenoxy) is 2. The summed E-state index contributed by atoms with van der Waals surface area (Å²) in [5, 5.41) is 2.48. The zero-order valence-corrected chi connectivity index (χ0v) is 15.5. The van der Waals surface area contributed by atoms with Gasteiger partial charge in [-0.1, -0.05) is 18.2 Å². The van der Waals surface area contributed by atoms with Gasteiger partial charge in [-0.15, -0.1) is 0 Å². The van der Waals surface area contributed by atoms with Crippen molar-refractivity contribution in [2.24, 2.45) is 0 Å². The van der Waals surface area contributed by atoms with Crippen molar-refractivity contribution >= 4 is 17.5 Å². The number of hydrogen-bond donors (Lipinski definition) is 1. The Kier molecular flexibility index (Phi) is 5.69. The number of rotatable bonds is 6. The number of para-hydroxylation sites is 1. The van der Waals surface area contributed by atoms with Crippen molar-refractivity contribution in [3.05, 3.63) is 75.8 Å². The number of carbonyl (C=O) groups is 2. The van der Waals surface area contributed by atoms with Crippen molar-refractivity contribution in [2.75, 3.05) is 13.7 Å². The molecule has 2 heterocycles. The van der Waals surface area contributed by atoms with Gasteiger partial charge in [-0.25, -0.2) is 4.98 Å². The summed E-state index contributed by atoms with van der Waals surface area (Å²) in [6.45, 7) is 1.33. The van der Waals surface area contributed by atoms with Crippen molar-refractivity contribution in [1.29, 1.82) is 0 Å². The highest BCUT2D eigenvalue weighted by atomic mass is 16.5. The number of carbonyl (C=O) groups excluding carboxylic acids is 2. The monoisotopic (exact) mass is 381 g/mol. The normalized spacial score (nSPS) is 10.5. The van der Waals surface area contributed by atoms with E-state index in [0.717, 1.165) is 5.69 Å². The van der Waals surface area contributed by atoms with Gasteiger partial charge in [-0.2, -0.15) is 0 Å². The summed E-state index contributed by atoms with van der Waals surface area (Å²) in [6.07, 6.45) is 0. The summed E-state index contributed by atoms with van der Waals surface area (Å²) < 4.78 is 11.7. The number of fused-ring (bicyclic) bond motifs is 1. The number of nitrogens with one attached hydrogen (secondary N) is 1. The lowest BCUT2D eigenvalue weighted by Gasteiger charge is -2.09. The predicted molar refractivity (Wildman–Crippen MR) is 101 cm³/mol. The lowest BCUT2D eigenvalue weighted by atomic mass is 10.2. The average Bonchev–Trinajstić information content (AvgIpc) is 2.70. The van der Waals surface area contributed by atoms with Crippen LogP contribution in [0.2, 0.25) is 0 Å². The van der Waals surface area contributed by atoms with Gasteiger partial charge in [0, 0.05) is 11.8 Å². The Morgan fingerprint density at radius 1 is 1.14 bits per heavy atom. The van der Waals surface area contributed by atoms with Crippen LogP contribution < -0.4 is 15.6 Å². The molecule has 8 heteroatoms. The molecule has 0 radical (unpaired) electrons. The molecule has 28 heavy (non-hydrogen) atoms. The summed E-state index contributed by atoms with van der Waals surface area (Å²) >= 11 is 0. The number of aromatic nitrogens is 2. The number of methoxy groups -OCH3 is 1. The van der Waals surface area contributed by atoms with Gasteiger partial charge in [0.25, 0.3) is 11.5 Å². The second-order valence-electron chi connectivity index (χ2n) is 5.99. The van der Waals surface area contributed by atoms with E-state index in [0.29, 0.717) is 22.7 Å². The number of benzene rings is 1. The molecule has 0 aliphatic heterocycles. The summed E-state index contributed by atoms with van der Waals surface area (Å²) in [4.78, 5) is 40.6. The molecule has 0 aliphatic carbocycles. The maximum Gasteiger partial charge on any atom is 0.325 e. The summed E-state index contributed by atoms with van der Waals surface area (Å²) in [5.74, 6) is -0.689. The largest absolute Gasteiger partial charge is 0.496 e. The molecule has 2 aromatic heterocycles. The van der Waals surface area contributed by atoms with Crippen LogP contribution in [0.5, 0.6) is 5.75 Å². The number of amides is 1. The van der Waals surface area contributed by atoms with E-state index in [9.17, 15) is 14.4 Å². The van der Waals surface area contributed by atoms with Crippen molar-refractivity contribution in [3.8, 4) is 5.75 Å². The van der Waals surface area contributed by atoms with E-state index in [-0.39, 0.29) is 18.7 Å². The summed E-state index contributed by atoms with van der Waals surface area (Å²) in [6, 6.07) is 13.3. The lowest BCUT2D eigenvalue weighted by Crippen LogP contribution is -2.31. The molecule has 0 saturated carbocycles. The number of aryl methyl sites for hydroxylation is 1. The van der Waals surface area contributed by atoms with E-state index in [1.165, 1.54) is 17.6 Å². The molecule has 0 spiro atoms. The van der Waals surface area contributed by atoms with Crippen molar-refractivity contribution in [2.45, 2.75) is 13.5 Å². The highest BCUT2D eigenvalue weighted by Gasteiger charge is 2.13. The van der Waals surface area contributed by atoms with Gasteiger partial charge in [0.15, 0.2) is 0 Å². The molecule has 3 rings (SSSR count). The molecule has 0 atom stereocenters. The third-order valence-electron chi connectivity index (χ3n) is 4.06. The maximum atomic E-state index is 12.2. The highest BCUT2D eigenvalue weighted by Crippen LogP contribution is 2.16. The minimum Gasteiger partial charge on any atom is -0.496 e. The minimum atomic E-state index is -0.644. The van der Waals surface area contributed by atoms with Gasteiger partial charge < -0.3 is 14.8 Å². The Morgan fingerprint density at radius 2 is 1.93 bits per heavy atom. The smallest absolute Gasteiger partial charge is 0.325 e. The molecular weight excluding hydrogens is 362 g/mol. The standard InChI is InChI=1S/C20H19N3O5/c1-13-6-5-9-17-22-14(10-18(24)23(13)17)12-28-19(25)11-21-20(26)15-7-3-4-8-16(15)27-2/h3-10H,11-12H2,1-2H3,(H,21,26). The van der Waals surface area contributed by atoms with E-state index in [4.69, 9.17) is 9.47 Å². The van der Waals surface area contributed by atoms with Gasteiger partial charge in [0.1, 0.15) is 24.5 Å². The number of pyridine rings is 1. The van der Waals surface area contributed by atoms with E-state index < -0.39 is 11.9 Å². The minimum absolute atomic E-state index is 0.164. The van der Waals surface area contributed by atoms with Crippen LogP contribution in [-0.4, -0.2) is 34.9 Å². The molecule has 1 N–H and O–H groups in total. The molecule has 8 nitrogen and oxygen atoms in total. The third kappa shape index (κ3) is 4.17. The molecule has 1 amide bonds. The summed E-state index contributed by atoms with van der Waals surface area (Å²) in [7, 11) is 1.46. The van der Waals surface area contributed by atoms with E-state index in [1.54, 1.807) is 49.4 Å². The van der Waals surface area contributed by atoms with Crippen LogP contribution in [-0.2, 0) is 16.1 Å². The maximum absolute atomic E-state index is 12.2. The molecule has 1 aromatic carbocycles. The molecule has 3 aromatic rings. The molecule has 0 fully saturated rings. The van der Waals surface area contributed by atoms with Crippen LogP contribution in [0, 0.1) is 6.92 Å². The highest BCUT2D eigenvalue weighted by molar-refractivity contribution is 5.98. The van der Waals surface area contributed by atoms with Gasteiger partial charge in [0.05, 0.1) is 18.4 Å². The summed E-state index contributed by atoms with van der Waals surface area (Å²) in [5.41, 5.74) is 1.64. The van der Waals surface area contributed by atoms with Crippen LogP contribution in [0.25, 0.3) is 5.65 Å². The quantitative estimate of drug-likeness (QED) is 0.650. The Bertz CT molecular complexity index is 1090. The first-order valence-electron chi connectivity index (χ1n) is 8.54. The van der Waals surface area contributed by atoms with Gasteiger partial charge in [0.2, 0.25) is 0 Å². The Morgan fingerprint density at radius 3 is 2.71 bits per heavy atom. The number of hydrogen-bond acceptors (Lipinski definition) is 6. The molecule has 0 unspecified atom stereocenters. The van der Waals surface area contributed by atoms with Gasteiger partial charge in [-0.3, -0.25) is 18.8 Å². The van der Waals surface area contributed by atoms with Gasteiger partial charge in [-0.05, 0) is 31.2 Å². The fourth-order valence-electron chi connectivity index (χ4n) is 2.72. The van der Waals surface area contributed by atoms with E-state index in [1.807, 2.05) is 0 Å². The zero-order valence-electron chi connectivity index (χ0n) is 15.5. The number of esters is 1. The molecule has 0 saturated heterocycles. The Labute approximate surface area is 160 Å². The second kappa shape index (κ2) is 8.34. The molecule has 0 aliphatic rings. The van der Waals surface area contributed by atoms with Crippen molar-refractivity contribution < 1.29 is 19.1 Å². The first-order chi connectivity index (χ1) is 13.5. The van der Waals surface area contributed by atoms with E-state index >= 15 is 0 Å². The first-order valence-corrected chi connectivity index (χ1v) is 8.54. The van der Waals surface area contributed by atoms with Crippen LogP contribution in [0.4, 0.5) is 0 Å². The lowest BCUT2D eigenvalue weighted by molar-refractivity contribution is -0.143. The van der Waals surface area contributed by atoms with Crippen molar-refractivity contribution in [1.82, 2.24) is 14.7 Å². The Balaban J connectivity index is 1.60. The van der Waals surface area contributed by atoms with Gasteiger partial charge >= 0.3 is 5.97 Å². The third-order valence-corrected chi connectivity index (χ3v) is 4.06. The van der Waals surface area contributed by atoms with Crippen LogP contribution in [0.1, 0.15) is 21.7 Å². The number of nitrogens with zero attached hydrogens (tertiary/aromatic N) is 2. The molecular formula is C20H19N3O5. The topological polar surface area (TPSA) is 99.0 Å². The van der Waals surface area contributed by atoms with Crippen LogP contribution >= 0.6 is 0 Å². The SMILES string of the molecule is COc1ccccc1C(=O)NCC(=O)OCc1cc(=O)n2c(C)cccc2n1. The Hall–Kier alpha value is -3.68. The first kappa shape index (κ1) is 19.1. The fourth-order valence-corrected chi connectivity index (χ4v) is 2.72. The van der Waals surface area contributed by atoms with Crippen LogP contribution in [0.3, 0.4) is 0 Å². The molecule has 0 bridgehead atoms. The second-order valence-corrected chi connectivity index (χ2v) is 5.99. The van der Waals surface area contributed by atoms with Crippen molar-refractivity contribution in [3.63, 3.8) is 0 Å². The zero-order chi connectivity index (χ0) is 20.1. The average molecular weight is 381 g/mol. The van der Waals surface area contributed by atoms with Crippen LogP contribution in [0.15, 0.2) is 53.3 Å². The predicted octanol–water partition coefficient (Wildman–Crippen LogP) is 1.48. The fraction of sp³-hybridized carbons (Fsp3) is 0.200.